The van der Waals surface area contributed by atoms with E-state index in [2.05, 4.69) is 6.58 Å². The van der Waals surface area contributed by atoms with Gasteiger partial charge in [0.15, 0.2) is 0 Å². The van der Waals surface area contributed by atoms with Crippen LogP contribution in [0.3, 0.4) is 0 Å². The zero-order valence-corrected chi connectivity index (χ0v) is 18.1. The van der Waals surface area contributed by atoms with E-state index in [0.29, 0.717) is 31.2 Å². The molecule has 4 aliphatic rings. The molecule has 9 heteroatoms. The van der Waals surface area contributed by atoms with E-state index in [1.165, 1.54) is 0 Å². The lowest BCUT2D eigenvalue weighted by atomic mass is 9.53. The second-order valence-corrected chi connectivity index (χ2v) is 13.2. The predicted molar refractivity (Wildman–Crippen MR) is 107 cm³/mol. The van der Waals surface area contributed by atoms with E-state index in [1.54, 1.807) is 31.2 Å². The minimum absolute atomic E-state index is 0.137. The quantitative estimate of drug-likeness (QED) is 0.345. The summed E-state index contributed by atoms with van der Waals surface area (Å²) in [7, 11) is -2.77. The van der Waals surface area contributed by atoms with Gasteiger partial charge in [-0.2, -0.15) is 13.2 Å². The van der Waals surface area contributed by atoms with Crippen molar-refractivity contribution in [3.8, 4) is 0 Å². The maximum absolute atomic E-state index is 13.2. The van der Waals surface area contributed by atoms with Crippen LogP contribution in [0.15, 0.2) is 41.3 Å². The number of carbonyl (C=O) groups is 1. The molecule has 4 aliphatic carbocycles. The van der Waals surface area contributed by atoms with Crippen LogP contribution < -0.4 is 0 Å². The Morgan fingerprint density at radius 1 is 1.17 bits per heavy atom. The lowest BCUT2D eigenvalue weighted by molar-refractivity contribution is -0.185. The van der Waals surface area contributed by atoms with E-state index in [-0.39, 0.29) is 23.2 Å². The molecule has 0 radical (unpaired) electrons. The first-order chi connectivity index (χ1) is 13.8. The fourth-order valence-electron chi connectivity index (χ4n) is 5.80. The molecular formula is C21H23F3O4S2. The van der Waals surface area contributed by atoms with Crippen LogP contribution >= 0.6 is 10.8 Å². The Morgan fingerprint density at radius 2 is 1.77 bits per heavy atom. The normalized spacial score (nSPS) is 32.8. The Bertz CT molecular complexity index is 986. The minimum atomic E-state index is -4.85. The highest BCUT2D eigenvalue weighted by atomic mass is 33.1. The van der Waals surface area contributed by atoms with Crippen molar-refractivity contribution >= 4 is 25.6 Å². The predicted octanol–water partition coefficient (Wildman–Crippen LogP) is 5.17. The third-order valence-corrected chi connectivity index (χ3v) is 10.8. The zero-order valence-electron chi connectivity index (χ0n) is 16.5. The van der Waals surface area contributed by atoms with Gasteiger partial charge in [-0.25, -0.2) is 13.2 Å². The van der Waals surface area contributed by atoms with Gasteiger partial charge in [-0.05, 0) is 73.3 Å². The van der Waals surface area contributed by atoms with E-state index in [9.17, 15) is 26.4 Å². The van der Waals surface area contributed by atoms with Crippen molar-refractivity contribution in [2.75, 3.05) is 0 Å². The van der Waals surface area contributed by atoms with Gasteiger partial charge in [-0.15, -0.1) is 0 Å². The summed E-state index contributed by atoms with van der Waals surface area (Å²) in [6.07, 6.45) is -1.41. The van der Waals surface area contributed by atoms with Crippen LogP contribution in [0.1, 0.15) is 44.1 Å². The van der Waals surface area contributed by atoms with E-state index < -0.39 is 36.9 Å². The van der Waals surface area contributed by atoms with Crippen LogP contribution in [0.25, 0.3) is 0 Å². The molecule has 0 heterocycles. The Hall–Kier alpha value is -1.48. The summed E-state index contributed by atoms with van der Waals surface area (Å²) in [5.74, 6) is -1.18. The van der Waals surface area contributed by atoms with Gasteiger partial charge in [0.05, 0.1) is 4.90 Å². The average molecular weight is 461 g/mol. The first kappa shape index (κ1) is 21.7. The number of carbonyl (C=O) groups excluding carboxylic acids is 1. The van der Waals surface area contributed by atoms with Crippen molar-refractivity contribution in [2.24, 2.45) is 11.8 Å². The first-order valence-corrected chi connectivity index (χ1v) is 12.7. The molecule has 1 aromatic carbocycles. The minimum Gasteiger partial charge on any atom is -0.455 e. The summed E-state index contributed by atoms with van der Waals surface area (Å²) >= 11 is 0. The van der Waals surface area contributed by atoms with Crippen LogP contribution in [-0.2, 0) is 18.4 Å². The highest BCUT2D eigenvalue weighted by molar-refractivity contribution is 8.72. The highest BCUT2D eigenvalue weighted by Crippen LogP contribution is 2.64. The average Bonchev–Trinajstić information content (AvgIpc) is 2.57. The van der Waals surface area contributed by atoms with E-state index in [4.69, 9.17) is 4.74 Å². The number of hydrogen-bond donors (Lipinski definition) is 0. The molecule has 4 fully saturated rings. The smallest absolute Gasteiger partial charge is 0.422 e. The van der Waals surface area contributed by atoms with E-state index >= 15 is 0 Å². The molecule has 30 heavy (non-hydrogen) atoms. The maximum Gasteiger partial charge on any atom is 0.422 e. The maximum atomic E-state index is 13.2. The molecule has 2 unspecified atom stereocenters. The second kappa shape index (κ2) is 7.02. The number of alkyl halides is 3. The second-order valence-electron chi connectivity index (χ2n) is 9.00. The van der Waals surface area contributed by atoms with Crippen LogP contribution in [0, 0.1) is 18.8 Å². The Balaban J connectivity index is 1.61. The third kappa shape index (κ3) is 3.90. The summed E-state index contributed by atoms with van der Waals surface area (Å²) in [5.41, 5.74) is -1.92. The number of aryl methyl sites for hydroxylation is 1. The van der Waals surface area contributed by atoms with E-state index in [0.717, 1.165) is 17.2 Å². The van der Waals surface area contributed by atoms with Crippen molar-refractivity contribution < 1.29 is 31.1 Å². The number of ether oxygens (including phenoxy) is 1. The van der Waals surface area contributed by atoms with Crippen molar-refractivity contribution in [3.05, 3.63) is 42.0 Å². The Labute approximate surface area is 177 Å². The molecule has 4 bridgehead atoms. The van der Waals surface area contributed by atoms with Crippen molar-refractivity contribution in [3.63, 3.8) is 0 Å². The van der Waals surface area contributed by atoms with Crippen molar-refractivity contribution in [2.45, 2.75) is 66.9 Å². The number of hydrogen-bond acceptors (Lipinski definition) is 5. The molecular weight excluding hydrogens is 437 g/mol. The summed E-state index contributed by atoms with van der Waals surface area (Å²) in [6.45, 7) is 4.58. The lowest BCUT2D eigenvalue weighted by Crippen LogP contribution is -2.59. The monoisotopic (exact) mass is 460 g/mol. The largest absolute Gasteiger partial charge is 0.455 e. The van der Waals surface area contributed by atoms with Crippen LogP contribution in [-0.4, -0.2) is 30.9 Å². The van der Waals surface area contributed by atoms with Gasteiger partial charge in [-0.3, -0.25) is 0 Å². The van der Waals surface area contributed by atoms with Gasteiger partial charge < -0.3 is 4.74 Å². The number of benzene rings is 1. The Morgan fingerprint density at radius 3 is 2.33 bits per heavy atom. The molecule has 1 aromatic rings. The molecule has 0 aliphatic heterocycles. The summed E-state index contributed by atoms with van der Waals surface area (Å²) in [5, 5.41) is 0. The van der Waals surface area contributed by atoms with Gasteiger partial charge in [0.1, 0.15) is 11.2 Å². The van der Waals surface area contributed by atoms with Gasteiger partial charge in [0, 0.05) is 11.2 Å². The molecule has 164 valence electrons. The number of halogens is 3. The third-order valence-electron chi connectivity index (χ3n) is 6.50. The van der Waals surface area contributed by atoms with Crippen LogP contribution in [0.5, 0.6) is 0 Å². The first-order valence-electron chi connectivity index (χ1n) is 9.84. The SMILES string of the molecule is C=C(C(=O)OC12CC3CC(C1)CC(SS(=O)(=O)c1ccccc1C)(C3)C2)C(F)(F)F. The summed E-state index contributed by atoms with van der Waals surface area (Å²) in [6, 6.07) is 6.75. The van der Waals surface area contributed by atoms with Gasteiger partial charge in [0.2, 0.25) is 8.87 Å². The molecule has 4 saturated carbocycles. The fraction of sp³-hybridized carbons (Fsp3) is 0.571. The van der Waals surface area contributed by atoms with Crippen LogP contribution in [0.2, 0.25) is 0 Å². The van der Waals surface area contributed by atoms with Crippen molar-refractivity contribution in [1.82, 2.24) is 0 Å². The van der Waals surface area contributed by atoms with Gasteiger partial charge >= 0.3 is 12.1 Å². The summed E-state index contributed by atoms with van der Waals surface area (Å²) < 4.78 is 69.9. The number of rotatable bonds is 5. The molecule has 5 rings (SSSR count). The number of esters is 1. The lowest BCUT2D eigenvalue weighted by Gasteiger charge is -2.60. The molecule has 0 aromatic heterocycles. The topological polar surface area (TPSA) is 60.4 Å². The highest BCUT2D eigenvalue weighted by Gasteiger charge is 2.61. The van der Waals surface area contributed by atoms with E-state index in [1.807, 2.05) is 0 Å². The molecule has 2 atom stereocenters. The molecule has 0 N–H and O–H groups in total. The summed E-state index contributed by atoms with van der Waals surface area (Å²) in [4.78, 5) is 12.4. The van der Waals surface area contributed by atoms with Gasteiger partial charge in [0.25, 0.3) is 0 Å². The molecule has 0 saturated heterocycles. The standard InChI is InChI=1S/C21H23F3O4S2/c1-13-5-3-4-6-17(13)30(26,27)29-20-10-15-7-16(11-20)9-19(8-15,12-20)28-18(25)14(2)21(22,23)24/h3-6,15-16H,2,7-12H2,1H3. The fourth-order valence-corrected chi connectivity index (χ4v) is 10.8. The van der Waals surface area contributed by atoms with Crippen molar-refractivity contribution in [1.29, 1.82) is 0 Å². The molecule has 0 spiro atoms. The molecule has 0 amide bonds. The molecule has 4 nitrogen and oxygen atoms in total. The van der Waals surface area contributed by atoms with Crippen LogP contribution in [0.4, 0.5) is 13.2 Å². The Kier molecular flexibility index (Phi) is 5.09. The van der Waals surface area contributed by atoms with Gasteiger partial charge in [-0.1, -0.05) is 24.8 Å². The zero-order chi connectivity index (χ0) is 21.9.